The number of rotatable bonds is 9. The van der Waals surface area contributed by atoms with Gasteiger partial charge in [-0.15, -0.1) is 0 Å². The second-order valence-electron chi connectivity index (χ2n) is 14.4. The van der Waals surface area contributed by atoms with Gasteiger partial charge in [0.2, 0.25) is 17.7 Å². The Morgan fingerprint density at radius 3 is 2.43 bits per heavy atom. The molecular weight excluding hydrogens is 694 g/mol. The van der Waals surface area contributed by atoms with E-state index in [1.807, 2.05) is 60.6 Å². The molecule has 2 aromatic heterocycles. The molecule has 3 aliphatic heterocycles. The zero-order chi connectivity index (χ0) is 37.2. The first-order valence-electron chi connectivity index (χ1n) is 18.3. The number of piperidine rings is 3. The SMILES string of the molecule is COc1cc(-c2cn(C)c(=O)c3cnccc23)cc(Cl)c1CN1CCC(N(C)C(=O)C2CCN(c3ccc(NC4CCC(=O)NC4=O)cc3)CC2)CC1. The summed E-state index contributed by atoms with van der Waals surface area (Å²) in [6.07, 6.45) is 9.31. The number of nitrogens with zero attached hydrogens (tertiary/aromatic N) is 5. The van der Waals surface area contributed by atoms with Crippen LogP contribution in [0.3, 0.4) is 0 Å². The zero-order valence-corrected chi connectivity index (χ0v) is 31.2. The molecule has 5 heterocycles. The van der Waals surface area contributed by atoms with Gasteiger partial charge in [-0.3, -0.25) is 34.4 Å². The minimum absolute atomic E-state index is 0.00439. The molecule has 0 saturated carbocycles. The standard InChI is InChI=1S/C40H46ClN7O5/c1-45-23-32(30-10-15-42-22-31(30)40(45)52)26-20-34(41)33(36(21-26)53-3)24-47-16-13-28(14-17-47)46(2)39(51)25-11-18-48(19-12-25)29-6-4-27(5-7-29)43-35-8-9-37(49)44-38(35)50/h4-7,10,15,20-23,25,28,35,43H,8-9,11-14,16-19,24H2,1-3H3,(H,44,49,50). The number of amides is 3. The lowest BCUT2D eigenvalue weighted by Crippen LogP contribution is -2.48. The lowest BCUT2D eigenvalue weighted by Gasteiger charge is -2.40. The van der Waals surface area contributed by atoms with Crippen molar-refractivity contribution in [3.8, 4) is 16.9 Å². The van der Waals surface area contributed by atoms with E-state index in [-0.39, 0.29) is 35.2 Å². The summed E-state index contributed by atoms with van der Waals surface area (Å²) in [5.41, 5.74) is 4.49. The summed E-state index contributed by atoms with van der Waals surface area (Å²) in [5.74, 6) is 0.424. The molecule has 4 aromatic rings. The Kier molecular flexibility index (Phi) is 10.7. The molecule has 0 bridgehead atoms. The quantitative estimate of drug-likeness (QED) is 0.232. The van der Waals surface area contributed by atoms with Crippen LogP contribution in [0.4, 0.5) is 11.4 Å². The third-order valence-electron chi connectivity index (χ3n) is 11.2. The summed E-state index contributed by atoms with van der Waals surface area (Å²) in [6.45, 7) is 3.93. The van der Waals surface area contributed by atoms with E-state index in [2.05, 4.69) is 25.4 Å². The molecule has 53 heavy (non-hydrogen) atoms. The molecule has 0 aliphatic carbocycles. The molecule has 2 N–H and O–H groups in total. The topological polar surface area (TPSA) is 129 Å². The Morgan fingerprint density at radius 2 is 1.74 bits per heavy atom. The van der Waals surface area contributed by atoms with Gasteiger partial charge in [-0.05, 0) is 85.5 Å². The second kappa shape index (κ2) is 15.6. The van der Waals surface area contributed by atoms with Crippen LogP contribution in [-0.4, -0.2) is 89.5 Å². The van der Waals surface area contributed by atoms with Gasteiger partial charge < -0.3 is 24.4 Å². The summed E-state index contributed by atoms with van der Waals surface area (Å²) in [7, 11) is 5.35. The highest BCUT2D eigenvalue weighted by atomic mass is 35.5. The summed E-state index contributed by atoms with van der Waals surface area (Å²) in [6, 6.07) is 13.6. The number of hydrogen-bond acceptors (Lipinski definition) is 9. The van der Waals surface area contributed by atoms with E-state index in [9.17, 15) is 19.2 Å². The number of nitrogens with one attached hydrogen (secondary N) is 2. The first kappa shape index (κ1) is 36.4. The van der Waals surface area contributed by atoms with Crippen molar-refractivity contribution in [1.29, 1.82) is 0 Å². The van der Waals surface area contributed by atoms with Crippen molar-refractivity contribution in [2.24, 2.45) is 13.0 Å². The number of likely N-dealkylation sites (tertiary alicyclic amines) is 1. The van der Waals surface area contributed by atoms with E-state index in [4.69, 9.17) is 16.3 Å². The maximum Gasteiger partial charge on any atom is 0.259 e. The smallest absolute Gasteiger partial charge is 0.259 e. The van der Waals surface area contributed by atoms with Gasteiger partial charge in [0.1, 0.15) is 11.8 Å². The van der Waals surface area contributed by atoms with Crippen LogP contribution in [0.15, 0.2) is 65.8 Å². The number of imide groups is 1. The largest absolute Gasteiger partial charge is 0.496 e. The van der Waals surface area contributed by atoms with Gasteiger partial charge in [-0.2, -0.15) is 0 Å². The van der Waals surface area contributed by atoms with Crippen LogP contribution in [0.1, 0.15) is 44.1 Å². The van der Waals surface area contributed by atoms with Crippen molar-refractivity contribution in [3.63, 3.8) is 0 Å². The number of ether oxygens (including phenoxy) is 1. The van der Waals surface area contributed by atoms with E-state index in [0.717, 1.165) is 85.3 Å². The van der Waals surface area contributed by atoms with Crippen molar-refractivity contribution < 1.29 is 19.1 Å². The fourth-order valence-corrected chi connectivity index (χ4v) is 8.26. The van der Waals surface area contributed by atoms with Gasteiger partial charge >= 0.3 is 0 Å². The highest BCUT2D eigenvalue weighted by molar-refractivity contribution is 6.32. The van der Waals surface area contributed by atoms with Crippen LogP contribution in [0.5, 0.6) is 5.75 Å². The summed E-state index contributed by atoms with van der Waals surface area (Å²) >= 11 is 6.94. The predicted octanol–water partition coefficient (Wildman–Crippen LogP) is 4.82. The van der Waals surface area contributed by atoms with Gasteiger partial charge in [0.25, 0.3) is 5.56 Å². The lowest BCUT2D eigenvalue weighted by molar-refractivity contribution is -0.138. The predicted molar refractivity (Wildman–Crippen MR) is 206 cm³/mol. The minimum Gasteiger partial charge on any atom is -0.496 e. The Hall–Kier alpha value is -4.94. The van der Waals surface area contributed by atoms with Crippen molar-refractivity contribution >= 4 is 51.5 Å². The number of anilines is 2. The summed E-state index contributed by atoms with van der Waals surface area (Å²) in [4.78, 5) is 60.8. The lowest BCUT2D eigenvalue weighted by atomic mass is 9.93. The van der Waals surface area contributed by atoms with Crippen LogP contribution < -0.4 is 25.8 Å². The molecule has 0 spiro atoms. The van der Waals surface area contributed by atoms with E-state index < -0.39 is 6.04 Å². The first-order valence-corrected chi connectivity index (χ1v) is 18.7. The maximum absolute atomic E-state index is 13.7. The number of aromatic nitrogens is 2. The number of halogens is 1. The molecule has 278 valence electrons. The molecule has 2 aromatic carbocycles. The number of fused-ring (bicyclic) bond motifs is 1. The number of benzene rings is 2. The second-order valence-corrected chi connectivity index (χ2v) is 14.8. The molecule has 3 saturated heterocycles. The average molecular weight is 740 g/mol. The van der Waals surface area contributed by atoms with E-state index in [1.54, 1.807) is 31.1 Å². The van der Waals surface area contributed by atoms with Gasteiger partial charge in [-0.25, -0.2) is 0 Å². The Labute approximate surface area is 314 Å². The molecule has 1 unspecified atom stereocenters. The molecule has 12 nitrogen and oxygen atoms in total. The Bertz CT molecular complexity index is 2070. The molecule has 1 atom stereocenters. The molecule has 3 aliphatic rings. The van der Waals surface area contributed by atoms with Crippen molar-refractivity contribution in [2.75, 3.05) is 50.6 Å². The third kappa shape index (κ3) is 7.75. The molecule has 3 fully saturated rings. The molecule has 7 rings (SSSR count). The summed E-state index contributed by atoms with van der Waals surface area (Å²) < 4.78 is 7.42. The number of carbonyl (C=O) groups excluding carboxylic acids is 3. The van der Waals surface area contributed by atoms with Crippen molar-refractivity contribution in [3.05, 3.63) is 82.0 Å². The molecular formula is C40H46ClN7O5. The van der Waals surface area contributed by atoms with Crippen molar-refractivity contribution in [1.82, 2.24) is 24.7 Å². The normalized spacial score (nSPS) is 18.9. The van der Waals surface area contributed by atoms with Crippen LogP contribution in [0.25, 0.3) is 21.9 Å². The Balaban J connectivity index is 0.912. The molecule has 3 amide bonds. The van der Waals surface area contributed by atoms with Crippen LogP contribution in [0, 0.1) is 5.92 Å². The van der Waals surface area contributed by atoms with Crippen LogP contribution in [0.2, 0.25) is 5.02 Å². The number of carbonyl (C=O) groups is 3. The van der Waals surface area contributed by atoms with Gasteiger partial charge in [0.05, 0.1) is 12.5 Å². The highest BCUT2D eigenvalue weighted by Gasteiger charge is 2.33. The van der Waals surface area contributed by atoms with Crippen molar-refractivity contribution in [2.45, 2.75) is 57.2 Å². The highest BCUT2D eigenvalue weighted by Crippen LogP contribution is 2.37. The van der Waals surface area contributed by atoms with Gasteiger partial charge in [-0.1, -0.05) is 11.6 Å². The van der Waals surface area contributed by atoms with Gasteiger partial charge in [0, 0.05) is 111 Å². The monoisotopic (exact) mass is 739 g/mol. The fourth-order valence-electron chi connectivity index (χ4n) is 7.99. The third-order valence-corrected chi connectivity index (χ3v) is 11.5. The fraction of sp³-hybridized carbons (Fsp3) is 0.425. The zero-order valence-electron chi connectivity index (χ0n) is 30.4. The average Bonchev–Trinajstić information content (AvgIpc) is 3.18. The van der Waals surface area contributed by atoms with E-state index >= 15 is 0 Å². The first-order chi connectivity index (χ1) is 25.6. The summed E-state index contributed by atoms with van der Waals surface area (Å²) in [5, 5.41) is 7.58. The number of pyridine rings is 2. The van der Waals surface area contributed by atoms with E-state index in [1.165, 1.54) is 0 Å². The maximum atomic E-state index is 13.7. The minimum atomic E-state index is -0.412. The number of aryl methyl sites for hydroxylation is 1. The Morgan fingerprint density at radius 1 is 1.00 bits per heavy atom. The van der Waals surface area contributed by atoms with Crippen LogP contribution in [-0.2, 0) is 28.0 Å². The number of methoxy groups -OCH3 is 1. The molecule has 13 heteroatoms. The molecule has 0 radical (unpaired) electrons. The van der Waals surface area contributed by atoms with E-state index in [0.29, 0.717) is 35.5 Å². The van der Waals surface area contributed by atoms with Crippen LogP contribution >= 0.6 is 11.6 Å². The number of hydrogen-bond donors (Lipinski definition) is 2. The van der Waals surface area contributed by atoms with Gasteiger partial charge in [0.15, 0.2) is 0 Å².